The topological polar surface area (TPSA) is 68.0 Å². The van der Waals surface area contributed by atoms with Gasteiger partial charge in [0.05, 0.1) is 5.69 Å². The Hall–Kier alpha value is -2.31. The Morgan fingerprint density at radius 3 is 2.72 bits per heavy atom. The molecule has 7 nitrogen and oxygen atoms in total. The predicted octanol–water partition coefficient (Wildman–Crippen LogP) is 2.82. The largest absolute Gasteiger partial charge is 0.324 e. The van der Waals surface area contributed by atoms with Crippen LogP contribution in [0.3, 0.4) is 0 Å². The molecule has 0 aliphatic carbocycles. The van der Waals surface area contributed by atoms with Crippen molar-refractivity contribution < 1.29 is 4.79 Å². The highest BCUT2D eigenvalue weighted by Crippen LogP contribution is 2.23. The second-order valence-corrected chi connectivity index (χ2v) is 6.82. The minimum absolute atomic E-state index is 0.0146. The van der Waals surface area contributed by atoms with Crippen LogP contribution in [0.2, 0.25) is 0 Å². The predicted molar refractivity (Wildman–Crippen MR) is 97.5 cm³/mol. The van der Waals surface area contributed by atoms with Gasteiger partial charge in [-0.15, -0.1) is 0 Å². The van der Waals surface area contributed by atoms with Crippen LogP contribution in [0.5, 0.6) is 0 Å². The Kier molecular flexibility index (Phi) is 5.40. The molecule has 0 bridgehead atoms. The molecule has 0 atom stereocenters. The van der Waals surface area contributed by atoms with Gasteiger partial charge in [-0.1, -0.05) is 6.92 Å². The van der Waals surface area contributed by atoms with Crippen LogP contribution in [-0.2, 0) is 20.0 Å². The van der Waals surface area contributed by atoms with Crippen LogP contribution in [0, 0.1) is 12.8 Å². The number of carbonyl (C=O) groups is 1. The number of nitrogens with one attached hydrogen (secondary N) is 1. The monoisotopic (exact) mass is 344 g/mol. The lowest BCUT2D eigenvalue weighted by Crippen LogP contribution is -2.41. The lowest BCUT2D eigenvalue weighted by molar-refractivity contribution is 0.177. The summed E-state index contributed by atoms with van der Waals surface area (Å²) in [7, 11) is 1.88. The molecule has 3 rings (SSSR count). The van der Waals surface area contributed by atoms with Crippen molar-refractivity contribution in [3.05, 3.63) is 29.7 Å². The fourth-order valence-corrected chi connectivity index (χ4v) is 3.55. The molecule has 1 aliphatic rings. The fraction of sp³-hybridized carbons (Fsp3) is 0.611. The Morgan fingerprint density at radius 1 is 1.36 bits per heavy atom. The zero-order chi connectivity index (χ0) is 17.8. The van der Waals surface area contributed by atoms with Crippen molar-refractivity contribution in [2.75, 3.05) is 18.4 Å². The van der Waals surface area contributed by atoms with Gasteiger partial charge >= 0.3 is 6.03 Å². The minimum atomic E-state index is -0.0146. The van der Waals surface area contributed by atoms with E-state index in [9.17, 15) is 4.79 Å². The maximum absolute atomic E-state index is 12.6. The van der Waals surface area contributed by atoms with Crippen molar-refractivity contribution in [2.24, 2.45) is 13.0 Å². The molecule has 2 amide bonds. The van der Waals surface area contributed by atoms with E-state index in [1.54, 1.807) is 4.68 Å². The van der Waals surface area contributed by atoms with Gasteiger partial charge in [0.2, 0.25) is 0 Å². The minimum Gasteiger partial charge on any atom is -0.324 e. The van der Waals surface area contributed by atoms with Gasteiger partial charge in [-0.3, -0.25) is 14.7 Å². The van der Waals surface area contributed by atoms with Crippen molar-refractivity contribution >= 4 is 11.8 Å². The van der Waals surface area contributed by atoms with Crippen molar-refractivity contribution in [3.63, 3.8) is 0 Å². The first kappa shape index (κ1) is 17.5. The molecule has 0 saturated carbocycles. The fourth-order valence-electron chi connectivity index (χ4n) is 3.55. The number of rotatable bonds is 5. The molecule has 3 heterocycles. The standard InChI is InChI=1S/C18H28N6O/c1-4-16-14(2)17(22(3)21-16)20-18(25)23-11-6-15(7-12-23)8-13-24-10-5-9-19-24/h5,9-10,15H,4,6-8,11-13H2,1-3H3,(H,20,25). The van der Waals surface area contributed by atoms with E-state index in [0.29, 0.717) is 5.92 Å². The van der Waals surface area contributed by atoms with Gasteiger partial charge in [0.15, 0.2) is 0 Å². The van der Waals surface area contributed by atoms with Crippen LogP contribution in [0.15, 0.2) is 18.5 Å². The Labute approximate surface area is 149 Å². The van der Waals surface area contributed by atoms with Crippen LogP contribution in [-0.4, -0.2) is 43.6 Å². The van der Waals surface area contributed by atoms with Crippen molar-refractivity contribution in [1.82, 2.24) is 24.5 Å². The number of likely N-dealkylation sites (tertiary alicyclic amines) is 1. The van der Waals surface area contributed by atoms with E-state index in [0.717, 1.165) is 62.4 Å². The van der Waals surface area contributed by atoms with E-state index in [2.05, 4.69) is 22.4 Å². The SMILES string of the molecule is CCc1nn(C)c(NC(=O)N2CCC(CCn3cccn3)CC2)c1C. The van der Waals surface area contributed by atoms with Crippen molar-refractivity contribution in [3.8, 4) is 0 Å². The van der Waals surface area contributed by atoms with E-state index in [-0.39, 0.29) is 6.03 Å². The molecule has 7 heteroatoms. The maximum atomic E-state index is 12.6. The highest BCUT2D eigenvalue weighted by molar-refractivity contribution is 5.89. The smallest absolute Gasteiger partial charge is 0.323 e. The normalized spacial score (nSPS) is 15.6. The van der Waals surface area contributed by atoms with Gasteiger partial charge < -0.3 is 4.90 Å². The summed E-state index contributed by atoms with van der Waals surface area (Å²) in [4.78, 5) is 14.5. The third-order valence-corrected chi connectivity index (χ3v) is 5.17. The van der Waals surface area contributed by atoms with E-state index in [1.807, 2.05) is 42.0 Å². The molecule has 2 aromatic rings. The van der Waals surface area contributed by atoms with Crippen LogP contribution >= 0.6 is 0 Å². The molecule has 2 aromatic heterocycles. The summed E-state index contributed by atoms with van der Waals surface area (Å²) in [6.45, 7) is 6.68. The lowest BCUT2D eigenvalue weighted by Gasteiger charge is -2.32. The molecule has 1 saturated heterocycles. The molecule has 0 radical (unpaired) electrons. The maximum Gasteiger partial charge on any atom is 0.323 e. The summed E-state index contributed by atoms with van der Waals surface area (Å²) in [6.07, 6.45) is 7.92. The van der Waals surface area contributed by atoms with Crippen molar-refractivity contribution in [1.29, 1.82) is 0 Å². The molecule has 1 aliphatic heterocycles. The summed E-state index contributed by atoms with van der Waals surface area (Å²) in [6, 6.07) is 1.94. The third kappa shape index (κ3) is 4.03. The molecular formula is C18H28N6O. The summed E-state index contributed by atoms with van der Waals surface area (Å²) >= 11 is 0. The van der Waals surface area contributed by atoms with Gasteiger partial charge in [0.1, 0.15) is 5.82 Å². The number of amides is 2. The number of urea groups is 1. The van der Waals surface area contributed by atoms with Crippen molar-refractivity contribution in [2.45, 2.75) is 46.1 Å². The first-order chi connectivity index (χ1) is 12.1. The lowest BCUT2D eigenvalue weighted by atomic mass is 9.94. The number of anilines is 1. The Balaban J connectivity index is 1.49. The summed E-state index contributed by atoms with van der Waals surface area (Å²) in [5, 5.41) is 11.8. The number of carbonyl (C=O) groups excluding carboxylic acids is 1. The van der Waals surface area contributed by atoms with E-state index < -0.39 is 0 Å². The highest BCUT2D eigenvalue weighted by atomic mass is 16.2. The number of nitrogens with zero attached hydrogens (tertiary/aromatic N) is 5. The molecular weight excluding hydrogens is 316 g/mol. The molecule has 136 valence electrons. The van der Waals surface area contributed by atoms with Gasteiger partial charge in [-0.2, -0.15) is 10.2 Å². The number of aryl methyl sites for hydroxylation is 3. The number of aromatic nitrogens is 4. The summed E-state index contributed by atoms with van der Waals surface area (Å²) in [5.41, 5.74) is 2.10. The molecule has 0 unspecified atom stereocenters. The molecule has 1 N–H and O–H groups in total. The quantitative estimate of drug-likeness (QED) is 0.907. The van der Waals surface area contributed by atoms with Gasteiger partial charge in [0, 0.05) is 44.6 Å². The Morgan fingerprint density at radius 2 is 2.12 bits per heavy atom. The molecule has 0 aromatic carbocycles. The third-order valence-electron chi connectivity index (χ3n) is 5.17. The van der Waals surface area contributed by atoms with E-state index in [1.165, 1.54) is 0 Å². The molecule has 1 fully saturated rings. The van der Waals surface area contributed by atoms with Crippen LogP contribution in [0.4, 0.5) is 10.6 Å². The van der Waals surface area contributed by atoms with E-state index in [4.69, 9.17) is 0 Å². The number of hydrogen-bond acceptors (Lipinski definition) is 3. The van der Waals surface area contributed by atoms with Crippen LogP contribution < -0.4 is 5.32 Å². The first-order valence-electron chi connectivity index (χ1n) is 9.14. The summed E-state index contributed by atoms with van der Waals surface area (Å²) in [5.74, 6) is 1.47. The zero-order valence-electron chi connectivity index (χ0n) is 15.4. The highest BCUT2D eigenvalue weighted by Gasteiger charge is 2.24. The van der Waals surface area contributed by atoms with Gasteiger partial charge in [-0.25, -0.2) is 4.79 Å². The first-order valence-corrected chi connectivity index (χ1v) is 9.14. The number of piperidine rings is 1. The molecule has 25 heavy (non-hydrogen) atoms. The van der Waals surface area contributed by atoms with E-state index >= 15 is 0 Å². The Bertz CT molecular complexity index is 697. The van der Waals surface area contributed by atoms with Crippen LogP contribution in [0.1, 0.15) is 37.4 Å². The number of hydrogen-bond donors (Lipinski definition) is 1. The average molecular weight is 344 g/mol. The average Bonchev–Trinajstić information content (AvgIpc) is 3.23. The zero-order valence-corrected chi connectivity index (χ0v) is 15.4. The van der Waals surface area contributed by atoms with Crippen LogP contribution in [0.25, 0.3) is 0 Å². The molecule has 0 spiro atoms. The van der Waals surface area contributed by atoms with Gasteiger partial charge in [-0.05, 0) is 44.6 Å². The van der Waals surface area contributed by atoms with Gasteiger partial charge in [0.25, 0.3) is 0 Å². The summed E-state index contributed by atoms with van der Waals surface area (Å²) < 4.78 is 3.75. The second kappa shape index (κ2) is 7.72. The second-order valence-electron chi connectivity index (χ2n) is 6.82.